The molecule has 0 aliphatic carbocycles. The Balaban J connectivity index is 1.76. The summed E-state index contributed by atoms with van der Waals surface area (Å²) < 4.78 is 81.8. The van der Waals surface area contributed by atoms with Gasteiger partial charge in [0.1, 0.15) is 0 Å². The quantitative estimate of drug-likeness (QED) is 0.206. The third-order valence-corrected chi connectivity index (χ3v) is 6.63. The normalized spacial score (nSPS) is 12.6. The number of alkyl halides is 6. The van der Waals surface area contributed by atoms with Crippen molar-refractivity contribution in [2.45, 2.75) is 12.4 Å². The second-order valence-corrected chi connectivity index (χ2v) is 8.84. The number of benzene rings is 4. The maximum absolute atomic E-state index is 13.3. The molecule has 7 heteroatoms. The highest BCUT2D eigenvalue weighted by atomic mass is 19.4. The van der Waals surface area contributed by atoms with Gasteiger partial charge in [-0.25, -0.2) is 0 Å². The van der Waals surface area contributed by atoms with Gasteiger partial charge in [-0.15, -0.1) is 0 Å². The molecule has 6 rings (SSSR count). The van der Waals surface area contributed by atoms with Crippen molar-refractivity contribution in [3.05, 3.63) is 114 Å². The van der Waals surface area contributed by atoms with Crippen LogP contribution in [-0.2, 0) is 12.4 Å². The lowest BCUT2D eigenvalue weighted by molar-refractivity contribution is -0.138. The lowest BCUT2D eigenvalue weighted by Crippen LogP contribution is -2.05. The Hall–Kier alpha value is -4.26. The van der Waals surface area contributed by atoms with Crippen molar-refractivity contribution in [2.75, 3.05) is 0 Å². The fourth-order valence-electron chi connectivity index (χ4n) is 4.97. The van der Waals surface area contributed by atoms with E-state index in [9.17, 15) is 26.3 Å². The van der Waals surface area contributed by atoms with Crippen molar-refractivity contribution < 1.29 is 26.3 Å². The smallest absolute Gasteiger partial charge is 0.308 e. The van der Waals surface area contributed by atoms with E-state index in [1.54, 1.807) is 0 Å². The average molecular weight is 505 g/mol. The van der Waals surface area contributed by atoms with Crippen molar-refractivity contribution in [1.82, 2.24) is 4.40 Å². The number of halogens is 6. The summed E-state index contributed by atoms with van der Waals surface area (Å²) in [5.74, 6) is 0. The molecule has 0 atom stereocenters. The molecule has 4 aromatic carbocycles. The van der Waals surface area contributed by atoms with Crippen LogP contribution in [0.25, 0.3) is 49.6 Å². The second kappa shape index (κ2) is 8.13. The number of rotatable bonds is 2. The van der Waals surface area contributed by atoms with Gasteiger partial charge in [0.15, 0.2) is 0 Å². The van der Waals surface area contributed by atoms with Gasteiger partial charge in [0, 0.05) is 16.3 Å². The van der Waals surface area contributed by atoms with Crippen molar-refractivity contribution >= 4 is 27.2 Å². The largest absolute Gasteiger partial charge is 0.416 e. The van der Waals surface area contributed by atoms with Crippen LogP contribution in [0.1, 0.15) is 11.1 Å². The van der Waals surface area contributed by atoms with Crippen molar-refractivity contribution in [1.29, 1.82) is 0 Å². The highest BCUT2D eigenvalue weighted by Crippen LogP contribution is 2.43. The number of hydrogen-bond acceptors (Lipinski definition) is 0. The summed E-state index contributed by atoms with van der Waals surface area (Å²) in [5, 5.41) is 2.60. The van der Waals surface area contributed by atoms with Crippen LogP contribution in [0, 0.1) is 0 Å². The second-order valence-electron chi connectivity index (χ2n) is 8.84. The predicted molar refractivity (Wildman–Crippen MR) is 133 cm³/mol. The average Bonchev–Trinajstić information content (AvgIpc) is 3.27. The summed E-state index contributed by atoms with van der Waals surface area (Å²) in [6.07, 6.45) is -8.98. The number of para-hydroxylation sites is 1. The zero-order valence-electron chi connectivity index (χ0n) is 19.0. The van der Waals surface area contributed by atoms with E-state index in [0.29, 0.717) is 22.4 Å². The maximum Gasteiger partial charge on any atom is 0.416 e. The lowest BCUT2D eigenvalue weighted by atomic mass is 9.92. The van der Waals surface area contributed by atoms with Crippen LogP contribution in [0.15, 0.2) is 103 Å². The standard InChI is InChI=1S/C30H17F6N/c31-29(32,33)21-13-9-18(10-14-21)27-24-7-3-2-6-23(24)26-17-20-5-1-4-8-25(20)37(26)28(27)19-11-15-22(16-12-19)30(34,35)36/h1-17H. The van der Waals surface area contributed by atoms with Gasteiger partial charge in [0.25, 0.3) is 0 Å². The fraction of sp³-hybridized carbons (Fsp3) is 0.0667. The molecule has 0 unspecified atom stereocenters. The van der Waals surface area contributed by atoms with Gasteiger partial charge < -0.3 is 4.40 Å². The molecule has 0 fully saturated rings. The van der Waals surface area contributed by atoms with Crippen molar-refractivity contribution in [3.63, 3.8) is 0 Å². The van der Waals surface area contributed by atoms with Crippen LogP contribution in [-0.4, -0.2) is 4.40 Å². The zero-order valence-corrected chi connectivity index (χ0v) is 19.0. The van der Waals surface area contributed by atoms with Gasteiger partial charge in [-0.05, 0) is 52.9 Å². The summed E-state index contributed by atoms with van der Waals surface area (Å²) in [6, 6.07) is 27.0. The number of aromatic nitrogens is 1. The van der Waals surface area contributed by atoms with E-state index in [2.05, 4.69) is 0 Å². The number of nitrogens with zero attached hydrogens (tertiary/aromatic N) is 1. The van der Waals surface area contributed by atoms with Crippen molar-refractivity contribution in [2.24, 2.45) is 0 Å². The third kappa shape index (κ3) is 3.82. The Bertz CT molecular complexity index is 1770. The van der Waals surface area contributed by atoms with Crippen LogP contribution < -0.4 is 0 Å². The first kappa shape index (κ1) is 23.2. The Morgan fingerprint density at radius 1 is 0.486 bits per heavy atom. The van der Waals surface area contributed by atoms with E-state index in [1.807, 2.05) is 59.0 Å². The Labute approximate surface area is 207 Å². The molecule has 0 radical (unpaired) electrons. The Kier molecular flexibility index (Phi) is 5.09. The number of pyridine rings is 1. The highest BCUT2D eigenvalue weighted by molar-refractivity contribution is 6.12. The molecule has 2 heterocycles. The van der Waals surface area contributed by atoms with Crippen LogP contribution >= 0.6 is 0 Å². The first-order chi connectivity index (χ1) is 17.6. The highest BCUT2D eigenvalue weighted by Gasteiger charge is 2.31. The molecule has 6 aromatic rings. The molecule has 0 saturated carbocycles. The topological polar surface area (TPSA) is 4.41 Å². The van der Waals surface area contributed by atoms with Crippen LogP contribution in [0.2, 0.25) is 0 Å². The minimum absolute atomic E-state index is 0.514. The van der Waals surface area contributed by atoms with E-state index < -0.39 is 23.5 Å². The molecule has 0 aliphatic heterocycles. The van der Waals surface area contributed by atoms with Gasteiger partial charge in [-0.3, -0.25) is 0 Å². The first-order valence-corrected chi connectivity index (χ1v) is 11.4. The zero-order chi connectivity index (χ0) is 25.9. The van der Waals surface area contributed by atoms with Crippen molar-refractivity contribution in [3.8, 4) is 22.4 Å². The molecule has 184 valence electrons. The fourth-order valence-corrected chi connectivity index (χ4v) is 4.97. The summed E-state index contributed by atoms with van der Waals surface area (Å²) in [7, 11) is 0. The molecule has 2 aromatic heterocycles. The molecule has 0 bridgehead atoms. The van der Waals surface area contributed by atoms with Crippen LogP contribution in [0.4, 0.5) is 26.3 Å². The van der Waals surface area contributed by atoms with Crippen LogP contribution in [0.3, 0.4) is 0 Å². The van der Waals surface area contributed by atoms with E-state index in [-0.39, 0.29) is 0 Å². The molecule has 37 heavy (non-hydrogen) atoms. The molecular weight excluding hydrogens is 488 g/mol. The Morgan fingerprint density at radius 3 is 1.59 bits per heavy atom. The van der Waals surface area contributed by atoms with Gasteiger partial charge in [-0.2, -0.15) is 26.3 Å². The summed E-state index contributed by atoms with van der Waals surface area (Å²) in [5.41, 5.74) is 2.42. The molecular formula is C30H17F6N. The summed E-state index contributed by atoms with van der Waals surface area (Å²) in [4.78, 5) is 0. The summed E-state index contributed by atoms with van der Waals surface area (Å²) >= 11 is 0. The molecule has 1 nitrogen and oxygen atoms in total. The monoisotopic (exact) mass is 505 g/mol. The van der Waals surface area contributed by atoms with E-state index in [0.717, 1.165) is 51.5 Å². The molecule has 0 spiro atoms. The first-order valence-electron chi connectivity index (χ1n) is 11.4. The number of hydrogen-bond donors (Lipinski definition) is 0. The summed E-state index contributed by atoms with van der Waals surface area (Å²) in [6.45, 7) is 0. The van der Waals surface area contributed by atoms with Gasteiger partial charge >= 0.3 is 12.4 Å². The van der Waals surface area contributed by atoms with E-state index >= 15 is 0 Å². The minimum Gasteiger partial charge on any atom is -0.308 e. The van der Waals surface area contributed by atoms with E-state index in [1.165, 1.54) is 24.3 Å². The molecule has 0 aliphatic rings. The van der Waals surface area contributed by atoms with Gasteiger partial charge in [0.05, 0.1) is 27.9 Å². The minimum atomic E-state index is -4.49. The Morgan fingerprint density at radius 2 is 1.00 bits per heavy atom. The molecule has 0 amide bonds. The van der Waals surface area contributed by atoms with Crippen LogP contribution in [0.5, 0.6) is 0 Å². The van der Waals surface area contributed by atoms with Gasteiger partial charge in [0.2, 0.25) is 0 Å². The third-order valence-electron chi connectivity index (χ3n) is 6.63. The number of fused-ring (bicyclic) bond motifs is 5. The molecule has 0 saturated heterocycles. The maximum atomic E-state index is 13.3. The molecule has 0 N–H and O–H groups in total. The SMILES string of the molecule is FC(F)(F)c1ccc(-c2c(-c3ccc(C(F)(F)F)cc3)n3c4ccccc4cc3c3ccccc23)cc1. The van der Waals surface area contributed by atoms with E-state index in [4.69, 9.17) is 0 Å². The van der Waals surface area contributed by atoms with Gasteiger partial charge in [-0.1, -0.05) is 66.7 Å². The predicted octanol–water partition coefficient (Wildman–Crippen LogP) is 9.62. The lowest BCUT2D eigenvalue weighted by Gasteiger charge is -2.19.